The number of benzene rings is 1. The number of carbonyl (C=O) groups excluding carboxylic acids is 2. The van der Waals surface area contributed by atoms with Gasteiger partial charge in [0, 0.05) is 12.1 Å². The fourth-order valence-electron chi connectivity index (χ4n) is 1.18. The van der Waals surface area contributed by atoms with Gasteiger partial charge in [0.1, 0.15) is 6.29 Å². The summed E-state index contributed by atoms with van der Waals surface area (Å²) in [5.74, 6) is 0. The predicted octanol–water partition coefficient (Wildman–Crippen LogP) is 0.897. The highest BCUT2D eigenvalue weighted by Crippen LogP contribution is 2.09. The molecule has 2 N–H and O–H groups in total. The third-order valence-electron chi connectivity index (χ3n) is 2.09. The van der Waals surface area contributed by atoms with Crippen LogP contribution >= 0.6 is 0 Å². The molecule has 1 aromatic rings. The van der Waals surface area contributed by atoms with E-state index in [0.29, 0.717) is 24.8 Å². The summed E-state index contributed by atoms with van der Waals surface area (Å²) in [7, 11) is -3.89. The standard InChI is InChI=1S/C11H14N2O4S/c1-2-7-12-11(15)13-18(16,17)10-5-3-9(8-14)4-6-10/h3-6,8H,2,7H2,1H3,(H2,12,13,15). The van der Waals surface area contributed by atoms with E-state index in [1.54, 1.807) is 0 Å². The zero-order valence-electron chi connectivity index (χ0n) is 9.84. The topological polar surface area (TPSA) is 92.3 Å². The second kappa shape index (κ2) is 6.15. The average molecular weight is 270 g/mol. The summed E-state index contributed by atoms with van der Waals surface area (Å²) in [6.45, 7) is 2.25. The molecule has 0 unspecified atom stereocenters. The number of hydrogen-bond acceptors (Lipinski definition) is 4. The van der Waals surface area contributed by atoms with E-state index in [-0.39, 0.29) is 4.90 Å². The van der Waals surface area contributed by atoms with Gasteiger partial charge in [0.05, 0.1) is 4.90 Å². The van der Waals surface area contributed by atoms with Crippen molar-refractivity contribution in [1.82, 2.24) is 10.0 Å². The van der Waals surface area contributed by atoms with Crippen LogP contribution in [-0.2, 0) is 10.0 Å². The van der Waals surface area contributed by atoms with Crippen LogP contribution in [0.25, 0.3) is 0 Å². The van der Waals surface area contributed by atoms with E-state index in [1.807, 2.05) is 11.6 Å². The number of carbonyl (C=O) groups is 2. The molecular weight excluding hydrogens is 256 g/mol. The van der Waals surface area contributed by atoms with Crippen molar-refractivity contribution in [2.24, 2.45) is 0 Å². The second-order valence-corrected chi connectivity index (χ2v) is 5.23. The Morgan fingerprint density at radius 2 is 1.89 bits per heavy atom. The maximum Gasteiger partial charge on any atom is 0.328 e. The molecule has 0 radical (unpaired) electrons. The van der Waals surface area contributed by atoms with Crippen molar-refractivity contribution in [3.8, 4) is 0 Å². The minimum Gasteiger partial charge on any atom is -0.337 e. The van der Waals surface area contributed by atoms with Crippen molar-refractivity contribution in [3.05, 3.63) is 29.8 Å². The molecule has 0 aliphatic heterocycles. The molecular formula is C11H14N2O4S. The lowest BCUT2D eigenvalue weighted by Gasteiger charge is -2.07. The van der Waals surface area contributed by atoms with Gasteiger partial charge in [0.15, 0.2) is 0 Å². The number of nitrogens with one attached hydrogen (secondary N) is 2. The van der Waals surface area contributed by atoms with Crippen LogP contribution in [0.15, 0.2) is 29.2 Å². The molecule has 0 spiro atoms. The number of urea groups is 1. The summed E-state index contributed by atoms with van der Waals surface area (Å²) in [6, 6.07) is 4.49. The highest BCUT2D eigenvalue weighted by Gasteiger charge is 2.16. The molecule has 0 aromatic heterocycles. The monoisotopic (exact) mass is 270 g/mol. The fourth-order valence-corrected chi connectivity index (χ4v) is 2.11. The van der Waals surface area contributed by atoms with E-state index in [4.69, 9.17) is 0 Å². The molecule has 0 saturated heterocycles. The average Bonchev–Trinajstić information content (AvgIpc) is 2.36. The van der Waals surface area contributed by atoms with Crippen molar-refractivity contribution in [2.45, 2.75) is 18.2 Å². The molecule has 0 heterocycles. The first kappa shape index (κ1) is 14.2. The van der Waals surface area contributed by atoms with Crippen LogP contribution in [-0.4, -0.2) is 27.3 Å². The van der Waals surface area contributed by atoms with Crippen LogP contribution in [0.4, 0.5) is 4.79 Å². The Balaban J connectivity index is 2.79. The maximum atomic E-state index is 11.7. The summed E-state index contributed by atoms with van der Waals surface area (Å²) < 4.78 is 25.4. The van der Waals surface area contributed by atoms with E-state index in [1.165, 1.54) is 24.3 Å². The van der Waals surface area contributed by atoms with E-state index < -0.39 is 16.1 Å². The largest absolute Gasteiger partial charge is 0.337 e. The molecule has 98 valence electrons. The fraction of sp³-hybridized carbons (Fsp3) is 0.273. The first-order valence-corrected chi connectivity index (χ1v) is 6.84. The Hall–Kier alpha value is -1.89. The first-order valence-electron chi connectivity index (χ1n) is 5.35. The molecule has 1 aromatic carbocycles. The molecule has 0 bridgehead atoms. The Labute approximate surface area is 105 Å². The normalized spacial score (nSPS) is 10.7. The number of rotatable bonds is 5. The highest BCUT2D eigenvalue weighted by molar-refractivity contribution is 7.90. The van der Waals surface area contributed by atoms with Crippen LogP contribution in [0.2, 0.25) is 0 Å². The van der Waals surface area contributed by atoms with E-state index >= 15 is 0 Å². The van der Waals surface area contributed by atoms with Crippen LogP contribution in [0.1, 0.15) is 23.7 Å². The summed E-state index contributed by atoms with van der Waals surface area (Å²) in [6.07, 6.45) is 1.32. The van der Waals surface area contributed by atoms with Gasteiger partial charge in [-0.2, -0.15) is 0 Å². The quantitative estimate of drug-likeness (QED) is 0.777. The van der Waals surface area contributed by atoms with E-state index in [2.05, 4.69) is 5.32 Å². The van der Waals surface area contributed by atoms with E-state index in [0.717, 1.165) is 0 Å². The molecule has 7 heteroatoms. The zero-order valence-corrected chi connectivity index (χ0v) is 10.7. The molecule has 6 nitrogen and oxygen atoms in total. The van der Waals surface area contributed by atoms with Gasteiger partial charge in [0.25, 0.3) is 10.0 Å². The van der Waals surface area contributed by atoms with Crippen molar-refractivity contribution < 1.29 is 18.0 Å². The molecule has 0 saturated carbocycles. The Morgan fingerprint density at radius 1 is 1.28 bits per heavy atom. The third kappa shape index (κ3) is 3.85. The lowest BCUT2D eigenvalue weighted by Crippen LogP contribution is -2.39. The SMILES string of the molecule is CCCNC(=O)NS(=O)(=O)c1ccc(C=O)cc1. The van der Waals surface area contributed by atoms with Crippen molar-refractivity contribution >= 4 is 22.3 Å². The highest BCUT2D eigenvalue weighted by atomic mass is 32.2. The van der Waals surface area contributed by atoms with Gasteiger partial charge in [-0.3, -0.25) is 4.79 Å². The number of aldehydes is 1. The van der Waals surface area contributed by atoms with Crippen molar-refractivity contribution in [3.63, 3.8) is 0 Å². The number of amides is 2. The zero-order chi connectivity index (χ0) is 13.6. The first-order chi connectivity index (χ1) is 8.49. The van der Waals surface area contributed by atoms with Gasteiger partial charge >= 0.3 is 6.03 Å². The minimum atomic E-state index is -3.89. The van der Waals surface area contributed by atoms with Gasteiger partial charge in [-0.1, -0.05) is 19.1 Å². The Kier molecular flexibility index (Phi) is 4.85. The summed E-state index contributed by atoms with van der Waals surface area (Å²) in [5, 5.41) is 2.40. The number of hydrogen-bond donors (Lipinski definition) is 2. The lowest BCUT2D eigenvalue weighted by atomic mass is 10.2. The van der Waals surface area contributed by atoms with Crippen LogP contribution in [0.5, 0.6) is 0 Å². The molecule has 0 aliphatic rings. The van der Waals surface area contributed by atoms with Gasteiger partial charge in [0.2, 0.25) is 0 Å². The molecule has 0 fully saturated rings. The van der Waals surface area contributed by atoms with Crippen LogP contribution in [0, 0.1) is 0 Å². The smallest absolute Gasteiger partial charge is 0.328 e. The van der Waals surface area contributed by atoms with Gasteiger partial charge in [-0.05, 0) is 18.6 Å². The minimum absolute atomic E-state index is 0.0697. The second-order valence-electron chi connectivity index (χ2n) is 3.55. The third-order valence-corrected chi connectivity index (χ3v) is 3.44. The van der Waals surface area contributed by atoms with Gasteiger partial charge in [-0.15, -0.1) is 0 Å². The maximum absolute atomic E-state index is 11.7. The lowest BCUT2D eigenvalue weighted by molar-refractivity contribution is 0.112. The summed E-state index contributed by atoms with van der Waals surface area (Å²) >= 11 is 0. The van der Waals surface area contributed by atoms with Crippen molar-refractivity contribution in [2.75, 3.05) is 6.54 Å². The Bertz CT molecular complexity index is 522. The molecule has 0 aliphatic carbocycles. The van der Waals surface area contributed by atoms with Gasteiger partial charge < -0.3 is 5.32 Å². The summed E-state index contributed by atoms with van der Waals surface area (Å²) in [4.78, 5) is 21.6. The molecule has 1 rings (SSSR count). The van der Waals surface area contributed by atoms with Crippen molar-refractivity contribution in [1.29, 1.82) is 0 Å². The number of sulfonamides is 1. The Morgan fingerprint density at radius 3 is 2.39 bits per heavy atom. The molecule has 0 atom stereocenters. The molecule has 2 amide bonds. The summed E-state index contributed by atoms with van der Waals surface area (Å²) in [5.41, 5.74) is 0.365. The van der Waals surface area contributed by atoms with Crippen LogP contribution < -0.4 is 10.0 Å². The predicted molar refractivity (Wildman–Crippen MR) is 65.8 cm³/mol. The van der Waals surface area contributed by atoms with Gasteiger partial charge in [-0.25, -0.2) is 17.9 Å². The van der Waals surface area contributed by atoms with Crippen LogP contribution in [0.3, 0.4) is 0 Å². The van der Waals surface area contributed by atoms with E-state index in [9.17, 15) is 18.0 Å². The molecule has 18 heavy (non-hydrogen) atoms.